The highest BCUT2D eigenvalue weighted by molar-refractivity contribution is 4.77. The second-order valence-corrected chi connectivity index (χ2v) is 3.92. The number of ether oxygens (including phenoxy) is 2. The zero-order chi connectivity index (χ0) is 9.73. The lowest BCUT2D eigenvalue weighted by Gasteiger charge is -2.22. The summed E-state index contributed by atoms with van der Waals surface area (Å²) >= 11 is 0. The van der Waals surface area contributed by atoms with Crippen LogP contribution in [0.5, 0.6) is 0 Å². The molecule has 0 saturated carbocycles. The zero-order valence-electron chi connectivity index (χ0n) is 8.16. The number of hydrogen-bond donors (Lipinski definition) is 2. The molecule has 1 fully saturated rings. The number of aliphatic hydroxyl groups excluding tert-OH is 1. The van der Waals surface area contributed by atoms with Crippen molar-refractivity contribution < 1.29 is 14.6 Å². The fourth-order valence-corrected chi connectivity index (χ4v) is 1.18. The van der Waals surface area contributed by atoms with Gasteiger partial charge in [0.25, 0.3) is 0 Å². The zero-order valence-corrected chi connectivity index (χ0v) is 8.16. The second kappa shape index (κ2) is 4.91. The van der Waals surface area contributed by atoms with Gasteiger partial charge in [-0.25, -0.2) is 0 Å². The largest absolute Gasteiger partial charge is 0.394 e. The van der Waals surface area contributed by atoms with Gasteiger partial charge in [-0.1, -0.05) is 0 Å². The molecule has 1 rings (SSSR count). The topological polar surface area (TPSA) is 64.7 Å². The van der Waals surface area contributed by atoms with Crippen molar-refractivity contribution in [3.8, 4) is 0 Å². The highest BCUT2D eigenvalue weighted by Gasteiger charge is 2.20. The standard InChI is InChI=1S/C9H19NO3/c1-9(10,7-11)3-5-13-8-2-4-12-6-8/h8,11H,2-7,10H2,1H3. The average molecular weight is 189 g/mol. The SMILES string of the molecule is CC(N)(CO)CCOC1CCOC1. The summed E-state index contributed by atoms with van der Waals surface area (Å²) in [5.41, 5.74) is 5.23. The van der Waals surface area contributed by atoms with Gasteiger partial charge >= 0.3 is 0 Å². The Morgan fingerprint density at radius 3 is 3.00 bits per heavy atom. The molecular formula is C9H19NO3. The van der Waals surface area contributed by atoms with E-state index in [1.807, 2.05) is 6.92 Å². The lowest BCUT2D eigenvalue weighted by atomic mass is 10.0. The molecule has 4 heteroatoms. The first kappa shape index (κ1) is 10.9. The Morgan fingerprint density at radius 1 is 1.69 bits per heavy atom. The fourth-order valence-electron chi connectivity index (χ4n) is 1.18. The Morgan fingerprint density at radius 2 is 2.46 bits per heavy atom. The summed E-state index contributed by atoms with van der Waals surface area (Å²) in [6.07, 6.45) is 1.88. The minimum atomic E-state index is -0.514. The van der Waals surface area contributed by atoms with E-state index in [1.165, 1.54) is 0 Å². The molecular weight excluding hydrogens is 170 g/mol. The van der Waals surface area contributed by atoms with Crippen LogP contribution < -0.4 is 5.73 Å². The van der Waals surface area contributed by atoms with Gasteiger partial charge < -0.3 is 20.3 Å². The maximum absolute atomic E-state index is 8.88. The summed E-state index contributed by atoms with van der Waals surface area (Å²) in [6.45, 7) is 3.91. The molecule has 0 aromatic carbocycles. The van der Waals surface area contributed by atoms with E-state index in [9.17, 15) is 0 Å². The van der Waals surface area contributed by atoms with E-state index in [4.69, 9.17) is 20.3 Å². The lowest BCUT2D eigenvalue weighted by molar-refractivity contribution is 0.0291. The first-order chi connectivity index (χ1) is 6.14. The highest BCUT2D eigenvalue weighted by atomic mass is 16.5. The van der Waals surface area contributed by atoms with Gasteiger partial charge in [-0.3, -0.25) is 0 Å². The Labute approximate surface area is 79.0 Å². The molecule has 0 amide bonds. The Balaban J connectivity index is 2.06. The van der Waals surface area contributed by atoms with Crippen LogP contribution in [0.2, 0.25) is 0 Å². The van der Waals surface area contributed by atoms with Crippen LogP contribution in [-0.4, -0.2) is 43.2 Å². The van der Waals surface area contributed by atoms with Crippen LogP contribution in [-0.2, 0) is 9.47 Å². The Kier molecular flexibility index (Phi) is 4.12. The highest BCUT2D eigenvalue weighted by Crippen LogP contribution is 2.10. The summed E-state index contributed by atoms with van der Waals surface area (Å²) in [4.78, 5) is 0. The van der Waals surface area contributed by atoms with Crippen molar-refractivity contribution in [1.82, 2.24) is 0 Å². The molecule has 2 atom stereocenters. The van der Waals surface area contributed by atoms with Gasteiger partial charge in [0, 0.05) is 18.8 Å². The van der Waals surface area contributed by atoms with Gasteiger partial charge in [-0.05, 0) is 19.8 Å². The van der Waals surface area contributed by atoms with E-state index in [1.54, 1.807) is 0 Å². The smallest absolute Gasteiger partial charge is 0.0830 e. The molecule has 0 radical (unpaired) electrons. The monoisotopic (exact) mass is 189 g/mol. The molecule has 3 N–H and O–H groups in total. The van der Waals surface area contributed by atoms with Gasteiger partial charge in [0.1, 0.15) is 0 Å². The molecule has 0 aromatic heterocycles. The number of aliphatic hydroxyl groups is 1. The summed E-state index contributed by atoms with van der Waals surface area (Å²) < 4.78 is 10.7. The van der Waals surface area contributed by atoms with E-state index in [2.05, 4.69) is 0 Å². The second-order valence-electron chi connectivity index (χ2n) is 3.92. The maximum atomic E-state index is 8.88. The lowest BCUT2D eigenvalue weighted by Crippen LogP contribution is -2.41. The van der Waals surface area contributed by atoms with Gasteiger partial charge in [-0.2, -0.15) is 0 Å². The third-order valence-electron chi connectivity index (χ3n) is 2.28. The Hall–Kier alpha value is -0.160. The van der Waals surface area contributed by atoms with Crippen molar-refractivity contribution in [1.29, 1.82) is 0 Å². The first-order valence-corrected chi connectivity index (χ1v) is 4.73. The number of nitrogens with two attached hydrogens (primary N) is 1. The number of rotatable bonds is 5. The van der Waals surface area contributed by atoms with Crippen LogP contribution in [0.1, 0.15) is 19.8 Å². The predicted octanol–water partition coefficient (Wildman–Crippen LogP) is -0.108. The van der Waals surface area contributed by atoms with Crippen LogP contribution in [0, 0.1) is 0 Å². The third kappa shape index (κ3) is 4.04. The average Bonchev–Trinajstić information content (AvgIpc) is 2.57. The van der Waals surface area contributed by atoms with E-state index < -0.39 is 5.54 Å². The summed E-state index contributed by atoms with van der Waals surface area (Å²) in [5.74, 6) is 0. The minimum absolute atomic E-state index is 0.00245. The summed E-state index contributed by atoms with van der Waals surface area (Å²) in [7, 11) is 0. The quantitative estimate of drug-likeness (QED) is 0.633. The molecule has 1 heterocycles. The molecule has 4 nitrogen and oxygen atoms in total. The van der Waals surface area contributed by atoms with Crippen molar-refractivity contribution in [3.05, 3.63) is 0 Å². The molecule has 0 aromatic rings. The van der Waals surface area contributed by atoms with Gasteiger partial charge in [0.15, 0.2) is 0 Å². The van der Waals surface area contributed by atoms with Crippen LogP contribution in [0.4, 0.5) is 0 Å². The number of hydrogen-bond acceptors (Lipinski definition) is 4. The third-order valence-corrected chi connectivity index (χ3v) is 2.28. The van der Waals surface area contributed by atoms with Crippen molar-refractivity contribution in [2.24, 2.45) is 5.73 Å². The summed E-state index contributed by atoms with van der Waals surface area (Å²) in [5, 5.41) is 8.88. The minimum Gasteiger partial charge on any atom is -0.394 e. The molecule has 0 spiro atoms. The molecule has 1 saturated heterocycles. The predicted molar refractivity (Wildman–Crippen MR) is 49.5 cm³/mol. The van der Waals surface area contributed by atoms with Crippen molar-refractivity contribution in [2.75, 3.05) is 26.4 Å². The molecule has 1 aliphatic heterocycles. The van der Waals surface area contributed by atoms with Crippen LogP contribution >= 0.6 is 0 Å². The normalized spacial score (nSPS) is 27.5. The van der Waals surface area contributed by atoms with Crippen LogP contribution in [0.15, 0.2) is 0 Å². The van der Waals surface area contributed by atoms with Gasteiger partial charge in [-0.15, -0.1) is 0 Å². The molecule has 1 aliphatic rings. The van der Waals surface area contributed by atoms with Gasteiger partial charge in [0.2, 0.25) is 0 Å². The molecule has 78 valence electrons. The van der Waals surface area contributed by atoms with E-state index >= 15 is 0 Å². The molecule has 0 bridgehead atoms. The molecule has 0 aliphatic carbocycles. The van der Waals surface area contributed by atoms with Crippen LogP contribution in [0.25, 0.3) is 0 Å². The maximum Gasteiger partial charge on any atom is 0.0830 e. The van der Waals surface area contributed by atoms with Crippen molar-refractivity contribution in [2.45, 2.75) is 31.4 Å². The van der Waals surface area contributed by atoms with Crippen molar-refractivity contribution in [3.63, 3.8) is 0 Å². The molecule has 13 heavy (non-hydrogen) atoms. The van der Waals surface area contributed by atoms with E-state index in [-0.39, 0.29) is 12.7 Å². The van der Waals surface area contributed by atoms with E-state index in [0.717, 1.165) is 13.0 Å². The van der Waals surface area contributed by atoms with Crippen LogP contribution in [0.3, 0.4) is 0 Å². The Bertz CT molecular complexity index is 144. The molecule has 2 unspecified atom stereocenters. The summed E-state index contributed by atoms with van der Waals surface area (Å²) in [6, 6.07) is 0. The van der Waals surface area contributed by atoms with E-state index in [0.29, 0.717) is 19.6 Å². The van der Waals surface area contributed by atoms with Gasteiger partial charge in [0.05, 0.1) is 19.3 Å². The first-order valence-electron chi connectivity index (χ1n) is 4.73. The fraction of sp³-hybridized carbons (Fsp3) is 1.00. The van der Waals surface area contributed by atoms with Crippen molar-refractivity contribution >= 4 is 0 Å².